The first-order valence-corrected chi connectivity index (χ1v) is 10.5. The highest BCUT2D eigenvalue weighted by molar-refractivity contribution is 5.89. The Labute approximate surface area is 175 Å². The third-order valence-electron chi connectivity index (χ3n) is 7.54. The molecule has 4 atom stereocenters. The molecule has 1 aromatic heterocycles. The van der Waals surface area contributed by atoms with Crippen LogP contribution in [-0.4, -0.2) is 48.7 Å². The van der Waals surface area contributed by atoms with E-state index >= 15 is 0 Å². The summed E-state index contributed by atoms with van der Waals surface area (Å²) in [5.41, 5.74) is 2.88. The van der Waals surface area contributed by atoms with Crippen molar-refractivity contribution < 1.29 is 19.0 Å². The maximum absolute atomic E-state index is 12.8. The van der Waals surface area contributed by atoms with E-state index in [-0.39, 0.29) is 11.5 Å². The lowest BCUT2D eigenvalue weighted by Gasteiger charge is -2.56. The largest absolute Gasteiger partial charge is 0.493 e. The molecule has 154 valence electrons. The van der Waals surface area contributed by atoms with E-state index in [0.717, 1.165) is 37.3 Å². The summed E-state index contributed by atoms with van der Waals surface area (Å²) in [6, 6.07) is 8.11. The Hall–Kier alpha value is -2.86. The Balaban J connectivity index is 1.46. The molecular formula is C24H24N2O4. The SMILES string of the molecule is COc1ccc2c3c1OC1C(OC(=O)c4cccnc4)=CCC4C(C2)N(C)CCC314. The van der Waals surface area contributed by atoms with Gasteiger partial charge >= 0.3 is 5.97 Å². The summed E-state index contributed by atoms with van der Waals surface area (Å²) in [5.74, 6) is 2.25. The fraction of sp³-hybridized carbons (Fsp3) is 0.417. The van der Waals surface area contributed by atoms with Crippen LogP contribution >= 0.6 is 0 Å². The molecule has 2 aromatic rings. The van der Waals surface area contributed by atoms with Gasteiger partial charge in [-0.15, -0.1) is 0 Å². The first-order chi connectivity index (χ1) is 14.6. The molecule has 2 aliphatic carbocycles. The van der Waals surface area contributed by atoms with Crippen LogP contribution in [0.25, 0.3) is 0 Å². The molecule has 4 unspecified atom stereocenters. The minimum absolute atomic E-state index is 0.173. The molecule has 1 spiro atoms. The summed E-state index contributed by atoms with van der Waals surface area (Å²) >= 11 is 0. The Morgan fingerprint density at radius 2 is 2.23 bits per heavy atom. The third-order valence-corrected chi connectivity index (χ3v) is 7.54. The minimum Gasteiger partial charge on any atom is -0.493 e. The van der Waals surface area contributed by atoms with Crippen molar-refractivity contribution in [1.29, 1.82) is 0 Å². The van der Waals surface area contributed by atoms with E-state index < -0.39 is 5.97 Å². The molecule has 6 rings (SSSR count). The molecule has 0 N–H and O–H groups in total. The zero-order chi connectivity index (χ0) is 20.5. The lowest BCUT2D eigenvalue weighted by atomic mass is 9.53. The van der Waals surface area contributed by atoms with E-state index in [2.05, 4.69) is 29.1 Å². The number of benzene rings is 1. The smallest absolute Gasteiger partial charge is 0.344 e. The van der Waals surface area contributed by atoms with E-state index in [1.165, 1.54) is 17.3 Å². The Bertz CT molecular complexity index is 1070. The van der Waals surface area contributed by atoms with Crippen LogP contribution in [0.4, 0.5) is 0 Å². The average molecular weight is 404 g/mol. The second-order valence-electron chi connectivity index (χ2n) is 8.75. The van der Waals surface area contributed by atoms with Crippen molar-refractivity contribution in [3.63, 3.8) is 0 Å². The number of ether oxygens (including phenoxy) is 3. The van der Waals surface area contributed by atoms with Gasteiger partial charge in [0.15, 0.2) is 17.6 Å². The number of carbonyl (C=O) groups is 1. The number of nitrogens with zero attached hydrogens (tertiary/aromatic N) is 2. The van der Waals surface area contributed by atoms with Crippen LogP contribution < -0.4 is 9.47 Å². The topological polar surface area (TPSA) is 60.9 Å². The number of carbonyl (C=O) groups excluding carboxylic acids is 1. The van der Waals surface area contributed by atoms with Crippen molar-refractivity contribution >= 4 is 5.97 Å². The summed E-state index contributed by atoms with van der Waals surface area (Å²) in [6.07, 6.45) is 7.81. The maximum Gasteiger partial charge on any atom is 0.344 e. The van der Waals surface area contributed by atoms with Crippen LogP contribution in [0.15, 0.2) is 48.5 Å². The first kappa shape index (κ1) is 18.0. The molecule has 30 heavy (non-hydrogen) atoms. The highest BCUT2D eigenvalue weighted by atomic mass is 16.6. The molecule has 0 radical (unpaired) electrons. The Morgan fingerprint density at radius 3 is 3.03 bits per heavy atom. The first-order valence-electron chi connectivity index (χ1n) is 10.5. The number of piperidine rings is 1. The molecule has 3 heterocycles. The van der Waals surface area contributed by atoms with Crippen molar-refractivity contribution in [2.45, 2.75) is 36.8 Å². The molecule has 6 heteroatoms. The fourth-order valence-electron chi connectivity index (χ4n) is 6.21. The van der Waals surface area contributed by atoms with Gasteiger partial charge in [-0.2, -0.15) is 0 Å². The zero-order valence-electron chi connectivity index (χ0n) is 17.1. The van der Waals surface area contributed by atoms with Crippen molar-refractivity contribution in [3.05, 3.63) is 65.2 Å². The minimum atomic E-state index is -0.392. The molecule has 6 nitrogen and oxygen atoms in total. The predicted molar refractivity (Wildman–Crippen MR) is 110 cm³/mol. The van der Waals surface area contributed by atoms with E-state index in [4.69, 9.17) is 14.2 Å². The van der Waals surface area contributed by atoms with E-state index in [1.54, 1.807) is 25.4 Å². The monoisotopic (exact) mass is 404 g/mol. The van der Waals surface area contributed by atoms with E-state index in [0.29, 0.717) is 23.3 Å². The third kappa shape index (κ3) is 2.23. The standard InChI is InChI=1S/C24H24N2O4/c1-26-11-9-24-16-6-8-19(29-23(27)15-4-3-10-25-13-15)22(24)30-21-18(28-2)7-5-14(20(21)24)12-17(16)26/h3-5,7-8,10,13,16-17,22H,6,9,11-12H2,1-2H3. The molecule has 2 bridgehead atoms. The average Bonchev–Trinajstić information content (AvgIpc) is 3.13. The fourth-order valence-corrected chi connectivity index (χ4v) is 6.21. The predicted octanol–water partition coefficient (Wildman–Crippen LogP) is 3.11. The number of methoxy groups -OCH3 is 1. The van der Waals surface area contributed by atoms with Gasteiger partial charge in [0, 0.05) is 29.4 Å². The van der Waals surface area contributed by atoms with Gasteiger partial charge in [0.05, 0.1) is 12.7 Å². The van der Waals surface area contributed by atoms with Crippen LogP contribution in [0.5, 0.6) is 11.5 Å². The van der Waals surface area contributed by atoms with Gasteiger partial charge in [-0.25, -0.2) is 4.79 Å². The lowest BCUT2D eigenvalue weighted by molar-refractivity contribution is -0.0272. The second kappa shape index (κ2) is 6.32. The summed E-state index contributed by atoms with van der Waals surface area (Å²) in [5, 5.41) is 0. The Kier molecular flexibility index (Phi) is 3.78. The highest BCUT2D eigenvalue weighted by Gasteiger charge is 2.64. The van der Waals surface area contributed by atoms with E-state index in [1.807, 2.05) is 6.07 Å². The van der Waals surface area contributed by atoms with Crippen molar-refractivity contribution in [1.82, 2.24) is 9.88 Å². The molecule has 4 aliphatic rings. The van der Waals surface area contributed by atoms with Crippen molar-refractivity contribution in [2.75, 3.05) is 20.7 Å². The number of pyridine rings is 1. The van der Waals surface area contributed by atoms with Crippen LogP contribution in [0.2, 0.25) is 0 Å². The number of hydrogen-bond acceptors (Lipinski definition) is 6. The number of likely N-dealkylation sites (tertiary alicyclic amines) is 1. The molecular weight excluding hydrogens is 380 g/mol. The number of rotatable bonds is 3. The van der Waals surface area contributed by atoms with Gasteiger partial charge in [0.25, 0.3) is 0 Å². The number of likely N-dealkylation sites (N-methyl/N-ethyl adjacent to an activating group) is 1. The summed E-state index contributed by atoms with van der Waals surface area (Å²) in [7, 11) is 3.90. The number of aromatic nitrogens is 1. The van der Waals surface area contributed by atoms with Crippen molar-refractivity contribution in [2.24, 2.45) is 5.92 Å². The molecule has 2 aliphatic heterocycles. The highest BCUT2D eigenvalue weighted by Crippen LogP contribution is 2.63. The summed E-state index contributed by atoms with van der Waals surface area (Å²) < 4.78 is 18.2. The summed E-state index contributed by atoms with van der Waals surface area (Å²) in [6.45, 7) is 1.00. The van der Waals surface area contributed by atoms with Crippen molar-refractivity contribution in [3.8, 4) is 11.5 Å². The Morgan fingerprint density at radius 1 is 1.33 bits per heavy atom. The van der Waals surface area contributed by atoms with Gasteiger partial charge in [-0.1, -0.05) is 6.07 Å². The van der Waals surface area contributed by atoms with Gasteiger partial charge < -0.3 is 19.1 Å². The normalized spacial score (nSPS) is 30.7. The van der Waals surface area contributed by atoms with Crippen LogP contribution in [0.3, 0.4) is 0 Å². The molecule has 1 saturated heterocycles. The van der Waals surface area contributed by atoms with Crippen LogP contribution in [0, 0.1) is 5.92 Å². The lowest BCUT2D eigenvalue weighted by Crippen LogP contribution is -2.63. The number of esters is 1. The molecule has 1 aromatic carbocycles. The van der Waals surface area contributed by atoms with Gasteiger partial charge in [0.1, 0.15) is 5.76 Å². The van der Waals surface area contributed by atoms with E-state index in [9.17, 15) is 4.79 Å². The van der Waals surface area contributed by atoms with Gasteiger partial charge in [0.2, 0.25) is 0 Å². The van der Waals surface area contributed by atoms with Gasteiger partial charge in [-0.05, 0) is 68.6 Å². The van der Waals surface area contributed by atoms with Crippen LogP contribution in [0.1, 0.15) is 34.3 Å². The number of allylic oxidation sites excluding steroid dienone is 1. The zero-order valence-corrected chi connectivity index (χ0v) is 17.1. The number of hydrogen-bond donors (Lipinski definition) is 0. The maximum atomic E-state index is 12.8. The summed E-state index contributed by atoms with van der Waals surface area (Å²) in [4.78, 5) is 19.3. The van der Waals surface area contributed by atoms with Crippen LogP contribution in [-0.2, 0) is 16.6 Å². The molecule has 0 amide bonds. The molecule has 0 saturated carbocycles. The molecule has 1 fully saturated rings. The second-order valence-corrected chi connectivity index (χ2v) is 8.75. The quantitative estimate of drug-likeness (QED) is 0.733. The van der Waals surface area contributed by atoms with Gasteiger partial charge in [-0.3, -0.25) is 4.98 Å².